The molecule has 1 saturated carbocycles. The van der Waals surface area contributed by atoms with Gasteiger partial charge in [-0.1, -0.05) is 26.3 Å². The molecule has 7 nitrogen and oxygen atoms in total. The molecule has 1 aromatic rings. The van der Waals surface area contributed by atoms with Crippen LogP contribution in [0.25, 0.3) is 0 Å². The van der Waals surface area contributed by atoms with Gasteiger partial charge in [-0.3, -0.25) is 4.79 Å². The monoisotopic (exact) mass is 419 g/mol. The normalized spacial score (nSPS) is 18.0. The van der Waals surface area contributed by atoms with Crippen molar-refractivity contribution in [1.82, 2.24) is 4.90 Å². The molecule has 166 valence electrons. The van der Waals surface area contributed by atoms with E-state index in [4.69, 9.17) is 18.9 Å². The van der Waals surface area contributed by atoms with Crippen LogP contribution in [0.3, 0.4) is 0 Å². The van der Waals surface area contributed by atoms with Crippen LogP contribution in [-0.4, -0.2) is 49.1 Å². The van der Waals surface area contributed by atoms with Crippen LogP contribution < -0.4 is 9.47 Å². The summed E-state index contributed by atoms with van der Waals surface area (Å²) < 4.78 is 22.2. The summed E-state index contributed by atoms with van der Waals surface area (Å²) in [6, 6.07) is 5.74. The van der Waals surface area contributed by atoms with Gasteiger partial charge < -0.3 is 23.8 Å². The lowest BCUT2D eigenvalue weighted by Gasteiger charge is -2.37. The Morgan fingerprint density at radius 1 is 1.10 bits per heavy atom. The van der Waals surface area contributed by atoms with E-state index in [0.29, 0.717) is 6.42 Å². The molecular formula is C23H33NO6. The highest BCUT2D eigenvalue weighted by molar-refractivity contribution is 5.72. The number of amides is 1. The number of fused-ring (bicyclic) bond motifs is 1. The quantitative estimate of drug-likeness (QED) is 0.613. The van der Waals surface area contributed by atoms with Gasteiger partial charge >= 0.3 is 12.1 Å². The minimum Gasteiger partial charge on any atom is -0.455 e. The highest BCUT2D eigenvalue weighted by Crippen LogP contribution is 2.34. The first-order valence-corrected chi connectivity index (χ1v) is 10.8. The average Bonchev–Trinajstić information content (AvgIpc) is 3.20. The average molecular weight is 420 g/mol. The van der Waals surface area contributed by atoms with E-state index in [1.807, 2.05) is 39.0 Å². The van der Waals surface area contributed by atoms with Crippen LogP contribution in [0.1, 0.15) is 58.4 Å². The van der Waals surface area contributed by atoms with Crippen LogP contribution in [0.5, 0.6) is 11.5 Å². The van der Waals surface area contributed by atoms with Crippen molar-refractivity contribution in [3.05, 3.63) is 23.8 Å². The van der Waals surface area contributed by atoms with Gasteiger partial charge in [-0.15, -0.1) is 0 Å². The van der Waals surface area contributed by atoms with Crippen molar-refractivity contribution >= 4 is 12.1 Å². The topological polar surface area (TPSA) is 74.3 Å². The fourth-order valence-electron chi connectivity index (χ4n) is 3.82. The molecule has 7 heteroatoms. The number of ether oxygens (including phenoxy) is 4. The number of hydrogen-bond acceptors (Lipinski definition) is 6. The van der Waals surface area contributed by atoms with E-state index < -0.39 is 11.7 Å². The fraction of sp³-hybridized carbons (Fsp3) is 0.652. The van der Waals surface area contributed by atoms with Crippen LogP contribution in [0, 0.1) is 5.92 Å². The molecule has 0 N–H and O–H groups in total. The smallest absolute Gasteiger partial charge is 0.409 e. The number of carbonyl (C=O) groups is 2. The highest BCUT2D eigenvalue weighted by atomic mass is 16.7. The molecule has 1 fully saturated rings. The largest absolute Gasteiger partial charge is 0.455 e. The first-order chi connectivity index (χ1) is 14.3. The minimum absolute atomic E-state index is 0.0709. The second kappa shape index (κ2) is 9.58. The zero-order valence-corrected chi connectivity index (χ0v) is 18.4. The lowest BCUT2D eigenvalue weighted by molar-refractivity contribution is -0.173. The van der Waals surface area contributed by atoms with E-state index in [1.165, 1.54) is 0 Å². The number of hydrogen-bond donors (Lipinski definition) is 0. The summed E-state index contributed by atoms with van der Waals surface area (Å²) in [4.78, 5) is 26.5. The SMILES string of the molecule is CC(C)C(=O)OC1(COC(=O)N(C)C(C)Cc2ccc3c(c2)OCO3)CCCCC1. The number of esters is 1. The standard InChI is InChI=1S/C23H33NO6/c1-16(2)21(25)30-23(10-6-5-7-11-23)14-27-22(26)24(4)17(3)12-18-8-9-19-20(13-18)29-15-28-19/h8-9,13,16-17H,5-7,10-12,14-15H2,1-4H3. The van der Waals surface area contributed by atoms with Gasteiger partial charge in [0, 0.05) is 13.1 Å². The third-order valence-corrected chi connectivity index (χ3v) is 5.93. The first kappa shape index (κ1) is 22.2. The van der Waals surface area contributed by atoms with Crippen LogP contribution in [0.4, 0.5) is 4.79 Å². The molecule has 3 rings (SSSR count). The van der Waals surface area contributed by atoms with E-state index in [0.717, 1.165) is 49.2 Å². The summed E-state index contributed by atoms with van der Waals surface area (Å²) in [7, 11) is 1.73. The van der Waals surface area contributed by atoms with E-state index in [-0.39, 0.29) is 31.3 Å². The van der Waals surface area contributed by atoms with E-state index in [1.54, 1.807) is 11.9 Å². The number of likely N-dealkylation sites (N-methyl/N-ethyl adjacent to an activating group) is 1. The Labute approximate surface area is 178 Å². The lowest BCUT2D eigenvalue weighted by atomic mass is 9.85. The highest BCUT2D eigenvalue weighted by Gasteiger charge is 2.38. The molecule has 0 saturated heterocycles. The maximum absolute atomic E-state index is 12.7. The number of benzene rings is 1. The number of rotatable bonds is 7. The van der Waals surface area contributed by atoms with Crippen molar-refractivity contribution in [2.24, 2.45) is 5.92 Å². The Balaban J connectivity index is 1.56. The minimum atomic E-state index is -0.698. The van der Waals surface area contributed by atoms with Crippen molar-refractivity contribution in [1.29, 1.82) is 0 Å². The lowest BCUT2D eigenvalue weighted by Crippen LogP contribution is -2.45. The van der Waals surface area contributed by atoms with E-state index >= 15 is 0 Å². The number of nitrogens with zero attached hydrogens (tertiary/aromatic N) is 1. The molecule has 1 heterocycles. The molecule has 1 atom stereocenters. The van der Waals surface area contributed by atoms with E-state index in [9.17, 15) is 9.59 Å². The third-order valence-electron chi connectivity index (χ3n) is 5.93. The number of carbonyl (C=O) groups excluding carboxylic acids is 2. The predicted octanol–water partition coefficient (Wildman–Crippen LogP) is 4.32. The zero-order valence-electron chi connectivity index (χ0n) is 18.4. The molecule has 0 spiro atoms. The van der Waals surface area contributed by atoms with Gasteiger partial charge in [-0.2, -0.15) is 0 Å². The van der Waals surface area contributed by atoms with Gasteiger partial charge in [0.1, 0.15) is 12.2 Å². The van der Waals surface area contributed by atoms with Gasteiger partial charge in [0.15, 0.2) is 11.5 Å². The van der Waals surface area contributed by atoms with Crippen LogP contribution >= 0.6 is 0 Å². The molecule has 30 heavy (non-hydrogen) atoms. The van der Waals surface area contributed by atoms with Crippen LogP contribution in [0.15, 0.2) is 18.2 Å². The van der Waals surface area contributed by atoms with Gasteiger partial charge in [0.2, 0.25) is 6.79 Å². The van der Waals surface area contributed by atoms with Crippen molar-refractivity contribution in [2.45, 2.75) is 70.9 Å². The van der Waals surface area contributed by atoms with Gasteiger partial charge in [-0.25, -0.2) is 4.79 Å². The summed E-state index contributed by atoms with van der Waals surface area (Å²) in [5.74, 6) is 1.03. The second-order valence-corrected chi connectivity index (χ2v) is 8.73. The van der Waals surface area contributed by atoms with Gasteiger partial charge in [-0.05, 0) is 56.7 Å². The van der Waals surface area contributed by atoms with Crippen LogP contribution in [-0.2, 0) is 20.7 Å². The Morgan fingerprint density at radius 3 is 2.50 bits per heavy atom. The van der Waals surface area contributed by atoms with Crippen molar-refractivity contribution in [3.63, 3.8) is 0 Å². The Morgan fingerprint density at radius 2 is 1.80 bits per heavy atom. The molecule has 1 aromatic carbocycles. The van der Waals surface area contributed by atoms with Crippen LogP contribution in [0.2, 0.25) is 0 Å². The van der Waals surface area contributed by atoms with Crippen molar-refractivity contribution in [2.75, 3.05) is 20.4 Å². The summed E-state index contributed by atoms with van der Waals surface area (Å²) in [6.45, 7) is 5.95. The summed E-state index contributed by atoms with van der Waals surface area (Å²) >= 11 is 0. The predicted molar refractivity (Wildman–Crippen MR) is 112 cm³/mol. The Hall–Kier alpha value is -2.44. The summed E-state index contributed by atoms with van der Waals surface area (Å²) in [5.41, 5.74) is 0.359. The van der Waals surface area contributed by atoms with Crippen molar-refractivity contribution in [3.8, 4) is 11.5 Å². The maximum Gasteiger partial charge on any atom is 0.409 e. The molecule has 1 aliphatic carbocycles. The fourth-order valence-corrected chi connectivity index (χ4v) is 3.82. The first-order valence-electron chi connectivity index (χ1n) is 10.8. The van der Waals surface area contributed by atoms with E-state index in [2.05, 4.69) is 0 Å². The molecule has 0 bridgehead atoms. The molecule has 0 aromatic heterocycles. The maximum atomic E-state index is 12.7. The molecule has 2 aliphatic rings. The third kappa shape index (κ3) is 5.37. The molecule has 1 amide bonds. The summed E-state index contributed by atoms with van der Waals surface area (Å²) in [5, 5.41) is 0. The molecular weight excluding hydrogens is 386 g/mol. The second-order valence-electron chi connectivity index (χ2n) is 8.73. The molecule has 0 radical (unpaired) electrons. The summed E-state index contributed by atoms with van der Waals surface area (Å²) in [6.07, 6.45) is 4.77. The van der Waals surface area contributed by atoms with Gasteiger partial charge in [0.25, 0.3) is 0 Å². The molecule has 1 aliphatic heterocycles. The van der Waals surface area contributed by atoms with Crippen molar-refractivity contribution < 1.29 is 28.5 Å². The van der Waals surface area contributed by atoms with Gasteiger partial charge in [0.05, 0.1) is 5.92 Å². The Bertz CT molecular complexity index is 756. The molecule has 1 unspecified atom stereocenters. The Kier molecular flexibility index (Phi) is 7.10. The zero-order chi connectivity index (χ0) is 21.7.